The smallest absolute Gasteiger partial charge is 0.306 e. The molecule has 2 unspecified atom stereocenters. The third-order valence-corrected chi connectivity index (χ3v) is 3.69. The van der Waals surface area contributed by atoms with E-state index in [1.54, 1.807) is 0 Å². The summed E-state index contributed by atoms with van der Waals surface area (Å²) in [5.74, 6) is -3.05. The summed E-state index contributed by atoms with van der Waals surface area (Å²) in [6.45, 7) is 5.72. The van der Waals surface area contributed by atoms with E-state index in [2.05, 4.69) is 6.92 Å². The minimum atomic E-state index is -0.862. The Bertz CT molecular complexity index is 241. The van der Waals surface area contributed by atoms with E-state index in [4.69, 9.17) is 0 Å². The molecule has 0 heterocycles. The Kier molecular flexibility index (Phi) is 8.42. The molecule has 0 aromatic rings. The lowest BCUT2D eigenvalue weighted by atomic mass is 9.76. The molecule has 0 bridgehead atoms. The van der Waals surface area contributed by atoms with Crippen molar-refractivity contribution in [1.29, 1.82) is 0 Å². The molecule has 0 rings (SSSR count). The molecule has 0 aromatic carbocycles. The van der Waals surface area contributed by atoms with Crippen LogP contribution in [0.1, 0.15) is 59.3 Å². The van der Waals surface area contributed by atoms with Gasteiger partial charge in [0.05, 0.1) is 11.8 Å². The van der Waals surface area contributed by atoms with Crippen LogP contribution in [0.15, 0.2) is 0 Å². The van der Waals surface area contributed by atoms with Gasteiger partial charge in [-0.25, -0.2) is 0 Å². The summed E-state index contributed by atoms with van der Waals surface area (Å²) in [6, 6.07) is 0. The minimum Gasteiger partial charge on any atom is -0.481 e. The first kappa shape index (κ1) is 16.9. The molecule has 2 atom stereocenters. The molecule has 0 fully saturated rings. The second kappa shape index (κ2) is 8.95. The molecule has 0 spiro atoms. The van der Waals surface area contributed by atoms with Crippen LogP contribution in [0.5, 0.6) is 0 Å². The third-order valence-electron chi connectivity index (χ3n) is 3.69. The fourth-order valence-corrected chi connectivity index (χ4v) is 2.63. The summed E-state index contributed by atoms with van der Waals surface area (Å²) in [7, 11) is 0. The van der Waals surface area contributed by atoms with E-state index in [9.17, 15) is 19.8 Å². The fourth-order valence-electron chi connectivity index (χ4n) is 2.63. The van der Waals surface area contributed by atoms with Gasteiger partial charge in [-0.3, -0.25) is 9.59 Å². The van der Waals surface area contributed by atoms with Gasteiger partial charge < -0.3 is 10.2 Å². The highest BCUT2D eigenvalue weighted by Gasteiger charge is 2.35. The average Bonchev–Trinajstić information content (AvgIpc) is 2.29. The molecule has 4 heteroatoms. The molecule has 2 N–H and O–H groups in total. The SMILES string of the molecule is CCCCCC(C(CC)C(=O)O)C(CC)C(=O)O. The summed E-state index contributed by atoms with van der Waals surface area (Å²) >= 11 is 0. The highest BCUT2D eigenvalue weighted by atomic mass is 16.4. The number of carbonyl (C=O) groups is 2. The lowest BCUT2D eigenvalue weighted by molar-refractivity contribution is -0.150. The molecule has 106 valence electrons. The molecule has 0 aliphatic rings. The van der Waals surface area contributed by atoms with Crippen LogP contribution < -0.4 is 0 Å². The van der Waals surface area contributed by atoms with Gasteiger partial charge in [-0.2, -0.15) is 0 Å². The Labute approximate surface area is 109 Å². The van der Waals surface area contributed by atoms with Crippen LogP contribution in [0.3, 0.4) is 0 Å². The zero-order valence-electron chi connectivity index (χ0n) is 11.7. The molecule has 18 heavy (non-hydrogen) atoms. The highest BCUT2D eigenvalue weighted by molar-refractivity contribution is 5.74. The summed E-state index contributed by atoms with van der Waals surface area (Å²) < 4.78 is 0. The molecule has 0 amide bonds. The van der Waals surface area contributed by atoms with E-state index in [0.717, 1.165) is 19.3 Å². The van der Waals surface area contributed by atoms with Gasteiger partial charge in [-0.05, 0) is 25.2 Å². The van der Waals surface area contributed by atoms with Crippen LogP contribution in [0.2, 0.25) is 0 Å². The van der Waals surface area contributed by atoms with Gasteiger partial charge in [-0.15, -0.1) is 0 Å². The Hall–Kier alpha value is -1.06. The third kappa shape index (κ3) is 5.07. The molecule has 0 aliphatic carbocycles. The Morgan fingerprint density at radius 1 is 0.889 bits per heavy atom. The van der Waals surface area contributed by atoms with Gasteiger partial charge in [0, 0.05) is 0 Å². The molecule has 4 nitrogen and oxygen atoms in total. The van der Waals surface area contributed by atoms with E-state index in [0.29, 0.717) is 19.3 Å². The molecule has 0 saturated heterocycles. The van der Waals surface area contributed by atoms with Crippen molar-refractivity contribution in [1.82, 2.24) is 0 Å². The van der Waals surface area contributed by atoms with Crippen molar-refractivity contribution in [3.05, 3.63) is 0 Å². The number of unbranched alkanes of at least 4 members (excludes halogenated alkanes) is 2. The van der Waals surface area contributed by atoms with Gasteiger partial charge >= 0.3 is 11.9 Å². The van der Waals surface area contributed by atoms with Gasteiger partial charge in [-0.1, -0.05) is 40.0 Å². The molecule has 0 aromatic heterocycles. The summed E-state index contributed by atoms with van der Waals surface area (Å²) in [5, 5.41) is 18.5. The first-order valence-corrected chi connectivity index (χ1v) is 6.95. The normalized spacial score (nSPS) is 15.9. The highest BCUT2D eigenvalue weighted by Crippen LogP contribution is 2.32. The van der Waals surface area contributed by atoms with Crippen molar-refractivity contribution in [2.45, 2.75) is 59.3 Å². The zero-order valence-corrected chi connectivity index (χ0v) is 11.7. The maximum atomic E-state index is 11.3. The monoisotopic (exact) mass is 258 g/mol. The largest absolute Gasteiger partial charge is 0.481 e. The van der Waals surface area contributed by atoms with E-state index in [-0.39, 0.29) is 5.92 Å². The number of rotatable bonds is 10. The maximum absolute atomic E-state index is 11.3. The van der Waals surface area contributed by atoms with Gasteiger partial charge in [0.2, 0.25) is 0 Å². The lowest BCUT2D eigenvalue weighted by Gasteiger charge is -2.28. The molecular formula is C14H26O4. The van der Waals surface area contributed by atoms with Crippen LogP contribution in [-0.4, -0.2) is 22.2 Å². The van der Waals surface area contributed by atoms with Gasteiger partial charge in [0.25, 0.3) is 0 Å². The average molecular weight is 258 g/mol. The first-order valence-electron chi connectivity index (χ1n) is 6.95. The Morgan fingerprint density at radius 3 is 1.61 bits per heavy atom. The number of hydrogen-bond donors (Lipinski definition) is 2. The van der Waals surface area contributed by atoms with Crippen molar-refractivity contribution in [2.75, 3.05) is 0 Å². The standard InChI is InChI=1S/C14H26O4/c1-4-7-8-9-12(10(5-2)13(15)16)11(6-3)14(17)18/h10-12H,4-9H2,1-3H3,(H,15,16)(H,17,18). The van der Waals surface area contributed by atoms with Crippen molar-refractivity contribution in [3.8, 4) is 0 Å². The Morgan fingerprint density at radius 2 is 1.33 bits per heavy atom. The van der Waals surface area contributed by atoms with E-state index < -0.39 is 23.8 Å². The minimum absolute atomic E-state index is 0.249. The Balaban J connectivity index is 4.88. The quantitative estimate of drug-likeness (QED) is 0.589. The second-order valence-electron chi connectivity index (χ2n) is 4.87. The number of carboxylic acid groups (broad SMARTS) is 2. The summed E-state index contributed by atoms with van der Waals surface area (Å²) in [4.78, 5) is 22.5. The number of aliphatic carboxylic acids is 2. The predicted molar refractivity (Wildman–Crippen MR) is 70.5 cm³/mol. The van der Waals surface area contributed by atoms with Crippen molar-refractivity contribution in [2.24, 2.45) is 17.8 Å². The fraction of sp³-hybridized carbons (Fsp3) is 0.857. The predicted octanol–water partition coefficient (Wildman–Crippen LogP) is 3.40. The number of hydrogen-bond acceptors (Lipinski definition) is 2. The van der Waals surface area contributed by atoms with Crippen molar-refractivity contribution in [3.63, 3.8) is 0 Å². The second-order valence-corrected chi connectivity index (χ2v) is 4.87. The maximum Gasteiger partial charge on any atom is 0.306 e. The van der Waals surface area contributed by atoms with Crippen LogP contribution in [0.4, 0.5) is 0 Å². The van der Waals surface area contributed by atoms with E-state index in [1.165, 1.54) is 0 Å². The molecule has 0 aliphatic heterocycles. The molecular weight excluding hydrogens is 232 g/mol. The molecule has 0 saturated carbocycles. The topological polar surface area (TPSA) is 74.6 Å². The van der Waals surface area contributed by atoms with Crippen LogP contribution in [0, 0.1) is 17.8 Å². The summed E-state index contributed by atoms with van der Waals surface area (Å²) in [6.07, 6.45) is 4.69. The van der Waals surface area contributed by atoms with Crippen LogP contribution >= 0.6 is 0 Å². The lowest BCUT2D eigenvalue weighted by Crippen LogP contribution is -2.33. The van der Waals surface area contributed by atoms with Crippen molar-refractivity contribution < 1.29 is 19.8 Å². The van der Waals surface area contributed by atoms with Gasteiger partial charge in [0.1, 0.15) is 0 Å². The molecule has 0 radical (unpaired) electrons. The van der Waals surface area contributed by atoms with E-state index >= 15 is 0 Å². The van der Waals surface area contributed by atoms with E-state index in [1.807, 2.05) is 13.8 Å². The zero-order chi connectivity index (χ0) is 14.1. The van der Waals surface area contributed by atoms with Crippen LogP contribution in [0.25, 0.3) is 0 Å². The van der Waals surface area contributed by atoms with Crippen LogP contribution in [-0.2, 0) is 9.59 Å². The summed E-state index contributed by atoms with van der Waals surface area (Å²) in [5.41, 5.74) is 0. The first-order chi connectivity index (χ1) is 8.49. The number of carboxylic acids is 2. The van der Waals surface area contributed by atoms with Gasteiger partial charge in [0.15, 0.2) is 0 Å². The van der Waals surface area contributed by atoms with Crippen molar-refractivity contribution >= 4 is 11.9 Å².